The monoisotopic (exact) mass is 298 g/mol. The number of thiocarbonyl (C=S) groups is 1. The van der Waals surface area contributed by atoms with Crippen LogP contribution in [0.1, 0.15) is 31.7 Å². The second-order valence-electron chi connectivity index (χ2n) is 4.59. The van der Waals surface area contributed by atoms with Gasteiger partial charge in [-0.3, -0.25) is 0 Å². The first-order valence-electron chi connectivity index (χ1n) is 5.38. The largest absolute Gasteiger partial charge is 0.389 e. The average molecular weight is 299 g/mol. The second-order valence-corrected chi connectivity index (χ2v) is 5.95. The molecule has 0 spiro atoms. The predicted octanol–water partition coefficient (Wildman–Crippen LogP) is 3.44. The Morgan fingerprint density at radius 1 is 1.50 bits per heavy atom. The van der Waals surface area contributed by atoms with E-state index in [0.717, 1.165) is 15.7 Å². The summed E-state index contributed by atoms with van der Waals surface area (Å²) >= 11 is 8.50. The maximum Gasteiger partial charge on any atom is 0.106 e. The molecule has 0 heterocycles. The van der Waals surface area contributed by atoms with Crippen LogP contribution in [0.15, 0.2) is 22.7 Å². The number of hydrogen-bond donors (Lipinski definition) is 2. The number of rotatable bonds is 3. The third-order valence-electron chi connectivity index (χ3n) is 3.14. The van der Waals surface area contributed by atoms with Gasteiger partial charge in [-0.25, -0.2) is 0 Å². The Morgan fingerprint density at radius 3 is 2.69 bits per heavy atom. The Kier molecular flexibility index (Phi) is 3.22. The van der Waals surface area contributed by atoms with Crippen molar-refractivity contribution in [3.05, 3.63) is 28.2 Å². The summed E-state index contributed by atoms with van der Waals surface area (Å²) in [6.45, 7) is 2.24. The van der Waals surface area contributed by atoms with Crippen LogP contribution < -0.4 is 11.1 Å². The van der Waals surface area contributed by atoms with Gasteiger partial charge in [-0.2, -0.15) is 0 Å². The van der Waals surface area contributed by atoms with Crippen LogP contribution in [-0.4, -0.2) is 10.5 Å². The summed E-state index contributed by atoms with van der Waals surface area (Å²) in [6.07, 6.45) is 3.71. The molecule has 1 aromatic carbocycles. The molecule has 0 atom stereocenters. The van der Waals surface area contributed by atoms with Crippen molar-refractivity contribution in [2.45, 2.75) is 31.7 Å². The maximum absolute atomic E-state index is 5.73. The van der Waals surface area contributed by atoms with Crippen LogP contribution in [0.4, 0.5) is 5.69 Å². The summed E-state index contributed by atoms with van der Waals surface area (Å²) < 4.78 is 1.000. The van der Waals surface area contributed by atoms with Gasteiger partial charge in [-0.1, -0.05) is 28.1 Å². The zero-order valence-corrected chi connectivity index (χ0v) is 11.6. The Bertz CT molecular complexity index is 427. The molecule has 0 amide bonds. The van der Waals surface area contributed by atoms with Crippen LogP contribution in [0.3, 0.4) is 0 Å². The highest BCUT2D eigenvalue weighted by molar-refractivity contribution is 9.10. The van der Waals surface area contributed by atoms with E-state index >= 15 is 0 Å². The minimum atomic E-state index is 0.216. The number of nitrogens with one attached hydrogen (secondary N) is 1. The van der Waals surface area contributed by atoms with Crippen LogP contribution in [0, 0.1) is 0 Å². The number of nitrogens with two attached hydrogens (primary N) is 1. The van der Waals surface area contributed by atoms with Crippen molar-refractivity contribution in [2.75, 3.05) is 5.32 Å². The first kappa shape index (κ1) is 11.9. The summed E-state index contributed by atoms with van der Waals surface area (Å²) in [6, 6.07) is 6.00. The maximum atomic E-state index is 5.73. The van der Waals surface area contributed by atoms with Crippen molar-refractivity contribution in [1.29, 1.82) is 0 Å². The minimum absolute atomic E-state index is 0.216. The van der Waals surface area contributed by atoms with Crippen molar-refractivity contribution in [3.8, 4) is 0 Å². The van der Waals surface area contributed by atoms with Gasteiger partial charge in [0, 0.05) is 21.3 Å². The summed E-state index contributed by atoms with van der Waals surface area (Å²) in [5, 5.41) is 3.54. The molecule has 0 radical (unpaired) electrons. The highest BCUT2D eigenvalue weighted by Gasteiger charge is 2.31. The van der Waals surface area contributed by atoms with E-state index in [2.05, 4.69) is 28.2 Å². The molecule has 3 N–H and O–H groups in total. The van der Waals surface area contributed by atoms with Crippen molar-refractivity contribution in [3.63, 3.8) is 0 Å². The van der Waals surface area contributed by atoms with Crippen LogP contribution >= 0.6 is 28.1 Å². The molecule has 0 bridgehead atoms. The minimum Gasteiger partial charge on any atom is -0.389 e. The standard InChI is InChI=1S/C12H15BrN2S/c1-12(5-2-6-12)15-10-4-3-8(13)7-9(10)11(14)16/h3-4,7,15H,2,5-6H2,1H3,(H2,14,16). The van der Waals surface area contributed by atoms with Gasteiger partial charge in [-0.15, -0.1) is 0 Å². The van der Waals surface area contributed by atoms with Crippen molar-refractivity contribution >= 4 is 38.8 Å². The lowest BCUT2D eigenvalue weighted by Gasteiger charge is -2.40. The number of halogens is 1. The Balaban J connectivity index is 2.29. The van der Waals surface area contributed by atoms with Gasteiger partial charge < -0.3 is 11.1 Å². The smallest absolute Gasteiger partial charge is 0.106 e. The molecule has 86 valence electrons. The normalized spacial score (nSPS) is 17.6. The highest BCUT2D eigenvalue weighted by atomic mass is 79.9. The van der Waals surface area contributed by atoms with Crippen LogP contribution in [-0.2, 0) is 0 Å². The van der Waals surface area contributed by atoms with Gasteiger partial charge in [-0.05, 0) is 44.4 Å². The van der Waals surface area contributed by atoms with E-state index in [1.807, 2.05) is 18.2 Å². The molecule has 1 aromatic rings. The molecule has 0 aromatic heterocycles. The zero-order valence-electron chi connectivity index (χ0n) is 9.22. The van der Waals surface area contributed by atoms with Gasteiger partial charge in [0.1, 0.15) is 4.99 Å². The Hall–Kier alpha value is -0.610. The van der Waals surface area contributed by atoms with E-state index < -0.39 is 0 Å². The summed E-state index contributed by atoms with van der Waals surface area (Å²) in [5.41, 5.74) is 7.90. The molecule has 1 aliphatic carbocycles. The van der Waals surface area contributed by atoms with E-state index in [-0.39, 0.29) is 5.54 Å². The summed E-state index contributed by atoms with van der Waals surface area (Å²) in [5.74, 6) is 0. The predicted molar refractivity (Wildman–Crippen MR) is 75.9 cm³/mol. The quantitative estimate of drug-likeness (QED) is 0.840. The molecule has 0 aliphatic heterocycles. The third-order valence-corrected chi connectivity index (χ3v) is 3.85. The molecule has 0 saturated heterocycles. The van der Waals surface area contributed by atoms with Crippen LogP contribution in [0.25, 0.3) is 0 Å². The van der Waals surface area contributed by atoms with E-state index in [0.29, 0.717) is 4.99 Å². The van der Waals surface area contributed by atoms with Gasteiger partial charge in [0.25, 0.3) is 0 Å². The lowest BCUT2D eigenvalue weighted by atomic mass is 9.78. The van der Waals surface area contributed by atoms with Gasteiger partial charge in [0.2, 0.25) is 0 Å². The number of anilines is 1. The molecule has 1 saturated carbocycles. The van der Waals surface area contributed by atoms with Crippen molar-refractivity contribution in [1.82, 2.24) is 0 Å². The zero-order chi connectivity index (χ0) is 11.8. The molecule has 2 rings (SSSR count). The van der Waals surface area contributed by atoms with E-state index in [1.165, 1.54) is 19.3 Å². The van der Waals surface area contributed by atoms with Crippen molar-refractivity contribution in [2.24, 2.45) is 5.73 Å². The van der Waals surface area contributed by atoms with E-state index in [4.69, 9.17) is 18.0 Å². The Morgan fingerprint density at radius 2 is 2.19 bits per heavy atom. The Labute approximate surface area is 110 Å². The molecule has 2 nitrogen and oxygen atoms in total. The molecule has 16 heavy (non-hydrogen) atoms. The molecular formula is C12H15BrN2S. The van der Waals surface area contributed by atoms with Gasteiger partial charge in [0.05, 0.1) is 0 Å². The molecule has 0 unspecified atom stereocenters. The third kappa shape index (κ3) is 2.38. The summed E-state index contributed by atoms with van der Waals surface area (Å²) in [4.78, 5) is 0.437. The molecule has 4 heteroatoms. The van der Waals surface area contributed by atoms with Crippen LogP contribution in [0.5, 0.6) is 0 Å². The molecule has 1 aliphatic rings. The first-order chi connectivity index (χ1) is 7.50. The lowest BCUT2D eigenvalue weighted by molar-refractivity contribution is 0.306. The van der Waals surface area contributed by atoms with Gasteiger partial charge >= 0.3 is 0 Å². The van der Waals surface area contributed by atoms with Crippen LogP contribution in [0.2, 0.25) is 0 Å². The van der Waals surface area contributed by atoms with E-state index in [1.54, 1.807) is 0 Å². The SMILES string of the molecule is CC1(Nc2ccc(Br)cc2C(N)=S)CCC1. The summed E-state index contributed by atoms with van der Waals surface area (Å²) in [7, 11) is 0. The number of hydrogen-bond acceptors (Lipinski definition) is 2. The average Bonchev–Trinajstić information content (AvgIpc) is 2.18. The topological polar surface area (TPSA) is 38.0 Å². The first-order valence-corrected chi connectivity index (χ1v) is 6.58. The lowest BCUT2D eigenvalue weighted by Crippen LogP contribution is -2.42. The second kappa shape index (κ2) is 4.34. The molecular weight excluding hydrogens is 284 g/mol. The molecule has 1 fully saturated rings. The van der Waals surface area contributed by atoms with E-state index in [9.17, 15) is 0 Å². The fourth-order valence-electron chi connectivity index (χ4n) is 1.99. The van der Waals surface area contributed by atoms with Gasteiger partial charge in [0.15, 0.2) is 0 Å². The fraction of sp³-hybridized carbons (Fsp3) is 0.417. The fourth-order valence-corrected chi connectivity index (χ4v) is 2.52. The number of benzene rings is 1. The highest BCUT2D eigenvalue weighted by Crippen LogP contribution is 2.36. The van der Waals surface area contributed by atoms with Crippen molar-refractivity contribution < 1.29 is 0 Å².